The molecule has 33 heavy (non-hydrogen) atoms. The van der Waals surface area contributed by atoms with Gasteiger partial charge in [0.15, 0.2) is 0 Å². The van der Waals surface area contributed by atoms with Gasteiger partial charge in [-0.05, 0) is 24.1 Å². The van der Waals surface area contributed by atoms with Gasteiger partial charge in [-0.3, -0.25) is 23.9 Å². The van der Waals surface area contributed by atoms with Gasteiger partial charge in [0.05, 0.1) is 22.9 Å². The summed E-state index contributed by atoms with van der Waals surface area (Å²) in [6.07, 6.45) is 1.25. The van der Waals surface area contributed by atoms with E-state index in [0.29, 0.717) is 28.6 Å². The van der Waals surface area contributed by atoms with E-state index in [1.165, 1.54) is 15.8 Å². The third-order valence-electron chi connectivity index (χ3n) is 7.61. The highest BCUT2D eigenvalue weighted by Crippen LogP contribution is 2.56. The highest BCUT2D eigenvalue weighted by atomic mass is 16.3. The van der Waals surface area contributed by atoms with Crippen LogP contribution >= 0.6 is 0 Å². The largest absolute Gasteiger partial charge is 0.381 e. The number of rotatable bonds is 3. The molecule has 0 aliphatic carbocycles. The van der Waals surface area contributed by atoms with Gasteiger partial charge in [0.1, 0.15) is 23.9 Å². The molecule has 2 amide bonds. The van der Waals surface area contributed by atoms with Crippen LogP contribution in [0, 0.1) is 5.92 Å². The van der Waals surface area contributed by atoms with Crippen LogP contribution in [-0.2, 0) is 15.2 Å². The summed E-state index contributed by atoms with van der Waals surface area (Å²) in [7, 11) is 0. The molecular weight excluding hydrogens is 420 g/mol. The van der Waals surface area contributed by atoms with Gasteiger partial charge in [-0.15, -0.1) is 0 Å². The van der Waals surface area contributed by atoms with Gasteiger partial charge in [0.25, 0.3) is 11.5 Å². The van der Waals surface area contributed by atoms with Crippen LogP contribution in [0.3, 0.4) is 0 Å². The molecular formula is C25H24N4O4. The Morgan fingerprint density at radius 3 is 2.61 bits per heavy atom. The third-order valence-corrected chi connectivity index (χ3v) is 7.61. The minimum absolute atomic E-state index is 0.0130. The number of nitrogens with zero attached hydrogens (tertiary/aromatic N) is 4. The quantitative estimate of drug-likeness (QED) is 0.668. The third kappa shape index (κ3) is 2.44. The van der Waals surface area contributed by atoms with E-state index in [2.05, 4.69) is 4.98 Å². The van der Waals surface area contributed by atoms with Crippen molar-refractivity contribution in [2.75, 3.05) is 4.90 Å². The number of piperidine rings is 1. The van der Waals surface area contributed by atoms with Crippen molar-refractivity contribution in [3.8, 4) is 0 Å². The van der Waals surface area contributed by atoms with E-state index >= 15 is 0 Å². The minimum Gasteiger partial charge on any atom is -0.381 e. The fraction of sp³-hybridized carbons (Fsp3) is 0.360. The van der Waals surface area contributed by atoms with E-state index in [1.807, 2.05) is 32.0 Å². The first kappa shape index (κ1) is 20.1. The Labute approximate surface area is 190 Å². The molecule has 2 fully saturated rings. The standard InChI is InChI=1S/C25H24N4O4/c1-3-14(2)20-23(32)28-18-11-7-5-9-16(18)25(33)12-19(22(31)29(20)24(25)28)27-13-26-17-10-6-4-8-15(17)21(27)30/h4-11,13-14,19-20,24,33H,3,12H2,1-2H3/t14-,19+,20-,24+,25-/m0/s1. The molecule has 5 atom stereocenters. The van der Waals surface area contributed by atoms with Crippen molar-refractivity contribution >= 4 is 28.4 Å². The number of benzene rings is 2. The lowest BCUT2D eigenvalue weighted by Crippen LogP contribution is -2.62. The number of hydrogen-bond donors (Lipinski definition) is 1. The molecule has 0 spiro atoms. The molecule has 0 saturated carbocycles. The Balaban J connectivity index is 1.57. The van der Waals surface area contributed by atoms with Gasteiger partial charge < -0.3 is 10.0 Å². The van der Waals surface area contributed by atoms with Gasteiger partial charge in [-0.25, -0.2) is 4.98 Å². The van der Waals surface area contributed by atoms with Crippen LogP contribution in [0.25, 0.3) is 10.9 Å². The number of hydrogen-bond acceptors (Lipinski definition) is 5. The molecule has 1 N–H and O–H groups in total. The summed E-state index contributed by atoms with van der Waals surface area (Å²) < 4.78 is 1.32. The molecule has 1 aromatic heterocycles. The van der Waals surface area contributed by atoms with Gasteiger partial charge in [0, 0.05) is 12.0 Å². The van der Waals surface area contributed by atoms with Gasteiger partial charge in [0.2, 0.25) is 5.91 Å². The zero-order chi connectivity index (χ0) is 23.1. The number of aliphatic hydroxyl groups is 1. The van der Waals surface area contributed by atoms with Crippen LogP contribution in [0.4, 0.5) is 5.69 Å². The van der Waals surface area contributed by atoms with Crippen molar-refractivity contribution in [1.29, 1.82) is 0 Å². The van der Waals surface area contributed by atoms with Gasteiger partial charge in [-0.2, -0.15) is 0 Å². The van der Waals surface area contributed by atoms with E-state index in [1.54, 1.807) is 35.2 Å². The van der Waals surface area contributed by atoms with Crippen LogP contribution in [-0.4, -0.2) is 43.6 Å². The molecule has 3 aliphatic heterocycles. The Hall–Kier alpha value is -3.52. The van der Waals surface area contributed by atoms with Crippen LogP contribution in [0.2, 0.25) is 0 Å². The summed E-state index contributed by atoms with van der Waals surface area (Å²) in [5.41, 5.74) is -0.0453. The predicted octanol–water partition coefficient (Wildman–Crippen LogP) is 2.16. The fourth-order valence-corrected chi connectivity index (χ4v) is 5.83. The number of amides is 2. The summed E-state index contributed by atoms with van der Waals surface area (Å²) in [5.74, 6) is -0.623. The molecule has 4 heterocycles. The van der Waals surface area contributed by atoms with Crippen molar-refractivity contribution in [3.05, 3.63) is 70.8 Å². The average Bonchev–Trinajstić information content (AvgIpc) is 3.29. The molecule has 8 nitrogen and oxygen atoms in total. The second-order valence-corrected chi connectivity index (χ2v) is 9.29. The molecule has 3 aromatic rings. The summed E-state index contributed by atoms with van der Waals surface area (Å²) in [6, 6.07) is 12.6. The fourth-order valence-electron chi connectivity index (χ4n) is 5.83. The molecule has 0 bridgehead atoms. The van der Waals surface area contributed by atoms with Crippen LogP contribution in [0.15, 0.2) is 59.7 Å². The highest BCUT2D eigenvalue weighted by molar-refractivity contribution is 6.07. The monoisotopic (exact) mass is 444 g/mol. The highest BCUT2D eigenvalue weighted by Gasteiger charge is 2.67. The summed E-state index contributed by atoms with van der Waals surface area (Å²) in [5, 5.41) is 12.5. The van der Waals surface area contributed by atoms with Crippen molar-refractivity contribution in [2.45, 2.75) is 50.5 Å². The van der Waals surface area contributed by atoms with Crippen molar-refractivity contribution in [1.82, 2.24) is 14.5 Å². The molecule has 168 valence electrons. The van der Waals surface area contributed by atoms with Crippen LogP contribution < -0.4 is 10.5 Å². The van der Waals surface area contributed by atoms with Crippen LogP contribution in [0.5, 0.6) is 0 Å². The Morgan fingerprint density at radius 2 is 1.82 bits per heavy atom. The topological polar surface area (TPSA) is 95.7 Å². The number of carbonyl (C=O) groups is 2. The number of carbonyl (C=O) groups excluding carboxylic acids is 2. The lowest BCUT2D eigenvalue weighted by Gasteiger charge is -2.45. The maximum absolute atomic E-state index is 13.9. The normalized spacial score (nSPS) is 28.9. The Kier molecular flexibility index (Phi) is 4.11. The smallest absolute Gasteiger partial charge is 0.261 e. The maximum Gasteiger partial charge on any atom is 0.261 e. The zero-order valence-electron chi connectivity index (χ0n) is 18.4. The molecule has 0 radical (unpaired) electrons. The van der Waals surface area contributed by atoms with Gasteiger partial charge in [-0.1, -0.05) is 50.6 Å². The number of para-hydroxylation sites is 2. The van der Waals surface area contributed by atoms with E-state index in [0.717, 1.165) is 0 Å². The number of anilines is 1. The predicted molar refractivity (Wildman–Crippen MR) is 121 cm³/mol. The van der Waals surface area contributed by atoms with Gasteiger partial charge >= 0.3 is 0 Å². The molecule has 0 unspecified atom stereocenters. The minimum atomic E-state index is -1.49. The van der Waals surface area contributed by atoms with Crippen molar-refractivity contribution in [3.63, 3.8) is 0 Å². The lowest BCUT2D eigenvalue weighted by molar-refractivity contribution is -0.160. The first-order chi connectivity index (χ1) is 15.9. The van der Waals surface area contributed by atoms with E-state index < -0.39 is 23.9 Å². The van der Waals surface area contributed by atoms with Crippen LogP contribution in [0.1, 0.15) is 38.3 Å². The van der Waals surface area contributed by atoms with E-state index in [4.69, 9.17) is 0 Å². The van der Waals surface area contributed by atoms with E-state index in [9.17, 15) is 19.5 Å². The summed E-state index contributed by atoms with van der Waals surface area (Å²) >= 11 is 0. The zero-order valence-corrected chi connectivity index (χ0v) is 18.4. The maximum atomic E-state index is 13.9. The van der Waals surface area contributed by atoms with Crippen molar-refractivity contribution in [2.24, 2.45) is 5.92 Å². The lowest BCUT2D eigenvalue weighted by atomic mass is 9.81. The second kappa shape index (κ2) is 6.74. The van der Waals surface area contributed by atoms with E-state index in [-0.39, 0.29) is 29.7 Å². The average molecular weight is 444 g/mol. The number of aromatic nitrogens is 2. The number of fused-ring (bicyclic) bond motifs is 4. The summed E-state index contributed by atoms with van der Waals surface area (Å²) in [6.45, 7) is 3.92. The summed E-state index contributed by atoms with van der Waals surface area (Å²) in [4.78, 5) is 48.4. The SMILES string of the molecule is CC[C@H](C)[C@H]1C(=O)N2c3ccccc3[C@@]3(O)C[C@@H](n4cnc5ccccc5c4=O)C(=O)N1[C@@H]23. The molecule has 3 aliphatic rings. The Morgan fingerprint density at radius 1 is 1.09 bits per heavy atom. The first-order valence-corrected chi connectivity index (χ1v) is 11.3. The van der Waals surface area contributed by atoms with Crippen molar-refractivity contribution < 1.29 is 14.7 Å². The first-order valence-electron chi connectivity index (χ1n) is 11.3. The molecule has 2 saturated heterocycles. The molecule has 8 heteroatoms. The molecule has 2 aromatic carbocycles. The Bertz CT molecular complexity index is 1380. The second-order valence-electron chi connectivity index (χ2n) is 9.29. The molecule has 6 rings (SSSR count).